The fourth-order valence-corrected chi connectivity index (χ4v) is 1.73. The van der Waals surface area contributed by atoms with Crippen molar-refractivity contribution in [3.8, 4) is 11.5 Å². The summed E-state index contributed by atoms with van der Waals surface area (Å²) in [5.41, 5.74) is -0.260. The molecular formula is C14H23NO4. The standard InChI is InChI=1S/C14H23NO4/c1-14(16,10-15-5-6-17-2)11-7-12(18-3)9-13(8-11)19-4/h7-9,15-16H,5-6,10H2,1-4H3. The van der Waals surface area contributed by atoms with E-state index in [2.05, 4.69) is 5.32 Å². The van der Waals surface area contributed by atoms with E-state index in [-0.39, 0.29) is 0 Å². The second kappa shape index (κ2) is 7.33. The molecule has 0 fully saturated rings. The molecule has 0 saturated carbocycles. The van der Waals surface area contributed by atoms with E-state index in [0.717, 1.165) is 5.56 Å². The van der Waals surface area contributed by atoms with Crippen LogP contribution in [0.4, 0.5) is 0 Å². The number of aliphatic hydroxyl groups is 1. The van der Waals surface area contributed by atoms with Crippen molar-refractivity contribution in [2.75, 3.05) is 41.0 Å². The van der Waals surface area contributed by atoms with Crippen LogP contribution in [-0.2, 0) is 10.3 Å². The summed E-state index contributed by atoms with van der Waals surface area (Å²) in [5.74, 6) is 1.32. The molecule has 1 aromatic carbocycles. The smallest absolute Gasteiger partial charge is 0.122 e. The van der Waals surface area contributed by atoms with Gasteiger partial charge in [-0.1, -0.05) is 0 Å². The molecule has 1 aromatic rings. The molecule has 5 nitrogen and oxygen atoms in total. The van der Waals surface area contributed by atoms with Crippen molar-refractivity contribution < 1.29 is 19.3 Å². The van der Waals surface area contributed by atoms with Crippen LogP contribution in [-0.4, -0.2) is 46.1 Å². The summed E-state index contributed by atoms with van der Waals surface area (Å²) in [4.78, 5) is 0. The minimum absolute atomic E-state index is 0.423. The van der Waals surface area contributed by atoms with Gasteiger partial charge in [0.1, 0.15) is 11.5 Å². The van der Waals surface area contributed by atoms with Crippen LogP contribution in [0.15, 0.2) is 18.2 Å². The van der Waals surface area contributed by atoms with Gasteiger partial charge in [-0.15, -0.1) is 0 Å². The average Bonchev–Trinajstić information content (AvgIpc) is 2.43. The molecule has 0 aliphatic carbocycles. The van der Waals surface area contributed by atoms with Crippen LogP contribution in [0, 0.1) is 0 Å². The lowest BCUT2D eigenvalue weighted by Gasteiger charge is -2.25. The van der Waals surface area contributed by atoms with Crippen molar-refractivity contribution in [2.24, 2.45) is 0 Å². The lowest BCUT2D eigenvalue weighted by Crippen LogP contribution is -2.36. The van der Waals surface area contributed by atoms with Gasteiger partial charge < -0.3 is 24.6 Å². The van der Waals surface area contributed by atoms with E-state index < -0.39 is 5.60 Å². The van der Waals surface area contributed by atoms with E-state index in [1.54, 1.807) is 46.5 Å². The number of methoxy groups -OCH3 is 3. The Morgan fingerprint density at radius 2 is 1.68 bits per heavy atom. The molecule has 19 heavy (non-hydrogen) atoms. The number of ether oxygens (including phenoxy) is 3. The van der Waals surface area contributed by atoms with E-state index in [9.17, 15) is 5.11 Å². The van der Waals surface area contributed by atoms with Gasteiger partial charge in [0, 0.05) is 26.3 Å². The minimum atomic E-state index is -1.00. The summed E-state index contributed by atoms with van der Waals surface area (Å²) in [7, 11) is 4.82. The number of rotatable bonds is 8. The third-order valence-electron chi connectivity index (χ3n) is 2.93. The summed E-state index contributed by atoms with van der Waals surface area (Å²) < 4.78 is 15.4. The molecule has 0 spiro atoms. The zero-order valence-electron chi connectivity index (χ0n) is 12.0. The van der Waals surface area contributed by atoms with Gasteiger partial charge in [-0.3, -0.25) is 0 Å². The number of nitrogens with one attached hydrogen (secondary N) is 1. The van der Waals surface area contributed by atoms with Crippen molar-refractivity contribution in [3.63, 3.8) is 0 Å². The van der Waals surface area contributed by atoms with Gasteiger partial charge in [0.05, 0.1) is 26.4 Å². The molecule has 0 amide bonds. The molecule has 0 aromatic heterocycles. The van der Waals surface area contributed by atoms with Crippen LogP contribution >= 0.6 is 0 Å². The first-order chi connectivity index (χ1) is 9.03. The summed E-state index contributed by atoms with van der Waals surface area (Å²) >= 11 is 0. The molecule has 5 heteroatoms. The summed E-state index contributed by atoms with van der Waals surface area (Å²) in [6, 6.07) is 5.39. The van der Waals surface area contributed by atoms with Gasteiger partial charge in [0.2, 0.25) is 0 Å². The monoisotopic (exact) mass is 269 g/mol. The van der Waals surface area contributed by atoms with Gasteiger partial charge in [-0.25, -0.2) is 0 Å². The lowest BCUT2D eigenvalue weighted by molar-refractivity contribution is 0.0545. The Hall–Kier alpha value is -1.30. The first kappa shape index (κ1) is 15.8. The Labute approximate surface area is 114 Å². The van der Waals surface area contributed by atoms with Gasteiger partial charge in [-0.05, 0) is 24.6 Å². The molecule has 0 saturated heterocycles. The Bertz CT molecular complexity index is 371. The normalized spacial score (nSPS) is 13.9. The van der Waals surface area contributed by atoms with E-state index in [4.69, 9.17) is 14.2 Å². The van der Waals surface area contributed by atoms with Crippen LogP contribution in [0.5, 0.6) is 11.5 Å². The predicted molar refractivity (Wildman–Crippen MR) is 73.9 cm³/mol. The maximum atomic E-state index is 10.5. The molecule has 108 valence electrons. The highest BCUT2D eigenvalue weighted by Crippen LogP contribution is 2.29. The lowest BCUT2D eigenvalue weighted by atomic mass is 9.95. The SMILES string of the molecule is COCCNCC(C)(O)c1cc(OC)cc(OC)c1. The summed E-state index contributed by atoms with van der Waals surface area (Å²) in [6.45, 7) is 3.47. The highest BCUT2D eigenvalue weighted by Gasteiger charge is 2.24. The van der Waals surface area contributed by atoms with E-state index in [1.807, 2.05) is 0 Å². The fourth-order valence-electron chi connectivity index (χ4n) is 1.73. The largest absolute Gasteiger partial charge is 0.497 e. The summed E-state index contributed by atoms with van der Waals surface area (Å²) in [5, 5.41) is 13.7. The molecule has 0 bridgehead atoms. The summed E-state index contributed by atoms with van der Waals surface area (Å²) in [6.07, 6.45) is 0. The van der Waals surface area contributed by atoms with Crippen molar-refractivity contribution in [3.05, 3.63) is 23.8 Å². The minimum Gasteiger partial charge on any atom is -0.497 e. The van der Waals surface area contributed by atoms with Crippen LogP contribution < -0.4 is 14.8 Å². The third kappa shape index (κ3) is 4.70. The second-order valence-corrected chi connectivity index (χ2v) is 4.54. The van der Waals surface area contributed by atoms with E-state index >= 15 is 0 Å². The molecule has 0 aliphatic heterocycles. The van der Waals surface area contributed by atoms with Crippen molar-refractivity contribution in [2.45, 2.75) is 12.5 Å². The Morgan fingerprint density at radius 3 is 2.16 bits per heavy atom. The van der Waals surface area contributed by atoms with Crippen LogP contribution in [0.25, 0.3) is 0 Å². The molecule has 0 aliphatic rings. The first-order valence-corrected chi connectivity index (χ1v) is 6.19. The molecule has 0 radical (unpaired) electrons. The van der Waals surface area contributed by atoms with Crippen LogP contribution in [0.1, 0.15) is 12.5 Å². The van der Waals surface area contributed by atoms with Gasteiger partial charge in [0.15, 0.2) is 0 Å². The van der Waals surface area contributed by atoms with Gasteiger partial charge in [-0.2, -0.15) is 0 Å². The van der Waals surface area contributed by atoms with E-state index in [0.29, 0.717) is 31.2 Å². The maximum Gasteiger partial charge on any atom is 0.122 e. The second-order valence-electron chi connectivity index (χ2n) is 4.54. The average molecular weight is 269 g/mol. The molecule has 1 rings (SSSR count). The van der Waals surface area contributed by atoms with E-state index in [1.165, 1.54) is 0 Å². The number of hydrogen-bond acceptors (Lipinski definition) is 5. The Balaban J connectivity index is 2.80. The van der Waals surface area contributed by atoms with Crippen LogP contribution in [0.2, 0.25) is 0 Å². The number of hydrogen-bond donors (Lipinski definition) is 2. The maximum absolute atomic E-state index is 10.5. The van der Waals surface area contributed by atoms with Crippen LogP contribution in [0.3, 0.4) is 0 Å². The molecular weight excluding hydrogens is 246 g/mol. The van der Waals surface area contributed by atoms with Crippen molar-refractivity contribution >= 4 is 0 Å². The molecule has 2 N–H and O–H groups in total. The highest BCUT2D eigenvalue weighted by atomic mass is 16.5. The van der Waals surface area contributed by atoms with Crippen molar-refractivity contribution in [1.29, 1.82) is 0 Å². The topological polar surface area (TPSA) is 60.0 Å². The van der Waals surface area contributed by atoms with Gasteiger partial charge in [0.25, 0.3) is 0 Å². The zero-order valence-corrected chi connectivity index (χ0v) is 12.0. The Morgan fingerprint density at radius 1 is 1.11 bits per heavy atom. The first-order valence-electron chi connectivity index (χ1n) is 6.19. The zero-order chi connectivity index (χ0) is 14.3. The quantitative estimate of drug-likeness (QED) is 0.693. The fraction of sp³-hybridized carbons (Fsp3) is 0.571. The Kier molecular flexibility index (Phi) is 6.08. The molecule has 1 unspecified atom stereocenters. The van der Waals surface area contributed by atoms with Gasteiger partial charge >= 0.3 is 0 Å². The van der Waals surface area contributed by atoms with Crippen molar-refractivity contribution in [1.82, 2.24) is 5.32 Å². The molecule has 1 atom stereocenters. The third-order valence-corrected chi connectivity index (χ3v) is 2.93. The highest BCUT2D eigenvalue weighted by molar-refractivity contribution is 5.40. The molecule has 0 heterocycles. The number of benzene rings is 1. The predicted octanol–water partition coefficient (Wildman–Crippen LogP) is 1.15.